The number of anilines is 1. The number of carboxylic acids is 1. The molecular weight excluding hydrogens is 366 g/mol. The number of nitrogens with one attached hydrogen (secondary N) is 1. The third kappa shape index (κ3) is 4.95. The molecule has 0 unspecified atom stereocenters. The summed E-state index contributed by atoms with van der Waals surface area (Å²) in [4.78, 5) is 36.2. The Kier molecular flexibility index (Phi) is 6.74. The minimum absolute atomic E-state index is 0.159. The van der Waals surface area contributed by atoms with Crippen molar-refractivity contribution in [3.8, 4) is 11.1 Å². The maximum absolute atomic E-state index is 12.6. The molecule has 6 nitrogen and oxygen atoms in total. The molecule has 2 rings (SSSR count). The van der Waals surface area contributed by atoms with Gasteiger partial charge in [-0.2, -0.15) is 0 Å². The second-order valence-electron chi connectivity index (χ2n) is 6.20. The molecule has 0 fully saturated rings. The summed E-state index contributed by atoms with van der Waals surface area (Å²) in [6, 6.07) is 5.93. The van der Waals surface area contributed by atoms with Gasteiger partial charge in [-0.3, -0.25) is 9.59 Å². The lowest BCUT2D eigenvalue weighted by molar-refractivity contribution is -0.138. The van der Waals surface area contributed by atoms with Crippen LogP contribution in [0.3, 0.4) is 0 Å². The number of carbonyl (C=O) groups is 3. The molecule has 1 aromatic heterocycles. The van der Waals surface area contributed by atoms with E-state index in [1.807, 2.05) is 39.0 Å². The van der Waals surface area contributed by atoms with Crippen LogP contribution in [0, 0.1) is 20.8 Å². The van der Waals surface area contributed by atoms with E-state index in [-0.39, 0.29) is 19.4 Å². The maximum Gasteiger partial charge on any atom is 0.341 e. The summed E-state index contributed by atoms with van der Waals surface area (Å²) in [7, 11) is 0. The van der Waals surface area contributed by atoms with Gasteiger partial charge in [-0.1, -0.05) is 18.2 Å². The van der Waals surface area contributed by atoms with E-state index in [9.17, 15) is 14.4 Å². The van der Waals surface area contributed by atoms with Gasteiger partial charge in [0.15, 0.2) is 0 Å². The highest BCUT2D eigenvalue weighted by atomic mass is 32.1. The summed E-state index contributed by atoms with van der Waals surface area (Å²) in [5.74, 6) is -2.01. The summed E-state index contributed by atoms with van der Waals surface area (Å²) < 4.78 is 5.20. The van der Waals surface area contributed by atoms with Gasteiger partial charge in [0.25, 0.3) is 0 Å². The molecule has 0 spiro atoms. The molecule has 0 saturated heterocycles. The number of hydrogen-bond donors (Lipinski definition) is 2. The highest BCUT2D eigenvalue weighted by molar-refractivity contribution is 7.17. The lowest BCUT2D eigenvalue weighted by Crippen LogP contribution is -2.15. The topological polar surface area (TPSA) is 92.7 Å². The van der Waals surface area contributed by atoms with Crippen LogP contribution >= 0.6 is 11.3 Å². The van der Waals surface area contributed by atoms with Gasteiger partial charge < -0.3 is 15.2 Å². The zero-order chi connectivity index (χ0) is 20.1. The van der Waals surface area contributed by atoms with Gasteiger partial charge >= 0.3 is 11.9 Å². The number of carbonyl (C=O) groups excluding carboxylic acids is 2. The zero-order valence-electron chi connectivity index (χ0n) is 15.8. The van der Waals surface area contributed by atoms with E-state index < -0.39 is 17.8 Å². The number of benzene rings is 1. The van der Waals surface area contributed by atoms with Crippen molar-refractivity contribution in [3.63, 3.8) is 0 Å². The Morgan fingerprint density at radius 3 is 2.41 bits per heavy atom. The molecule has 7 heteroatoms. The van der Waals surface area contributed by atoms with Crippen molar-refractivity contribution in [2.45, 2.75) is 40.5 Å². The fraction of sp³-hybridized carbons (Fsp3) is 0.350. The van der Waals surface area contributed by atoms with E-state index in [0.717, 1.165) is 27.1 Å². The number of esters is 1. The SMILES string of the molecule is CCOC(=O)c1c(NC(=O)CCC(=O)O)sc(C)c1-c1ccc(C)c(C)c1. The molecule has 0 aliphatic heterocycles. The average Bonchev–Trinajstić information content (AvgIpc) is 2.91. The van der Waals surface area contributed by atoms with E-state index in [0.29, 0.717) is 10.6 Å². The van der Waals surface area contributed by atoms with Gasteiger partial charge in [-0.15, -0.1) is 11.3 Å². The second-order valence-corrected chi connectivity index (χ2v) is 7.42. The first-order valence-corrected chi connectivity index (χ1v) is 9.46. The monoisotopic (exact) mass is 389 g/mol. The Bertz CT molecular complexity index is 885. The van der Waals surface area contributed by atoms with Crippen LogP contribution in [0.15, 0.2) is 18.2 Å². The standard InChI is InChI=1S/C20H23NO5S/c1-5-26-20(25)18-17(14-7-6-11(2)12(3)10-14)13(4)27-19(18)21-15(22)8-9-16(23)24/h6-7,10H,5,8-9H2,1-4H3,(H,21,22)(H,23,24). The highest BCUT2D eigenvalue weighted by Crippen LogP contribution is 2.41. The minimum atomic E-state index is -1.05. The molecule has 27 heavy (non-hydrogen) atoms. The molecule has 0 radical (unpaired) electrons. The number of aryl methyl sites for hydroxylation is 3. The third-order valence-corrected chi connectivity index (χ3v) is 5.20. The van der Waals surface area contributed by atoms with Gasteiger partial charge in [-0.05, 0) is 44.4 Å². The predicted molar refractivity (Wildman–Crippen MR) is 105 cm³/mol. The Balaban J connectivity index is 2.48. The lowest BCUT2D eigenvalue weighted by Gasteiger charge is -2.10. The van der Waals surface area contributed by atoms with Crippen molar-refractivity contribution in [2.75, 3.05) is 11.9 Å². The summed E-state index contributed by atoms with van der Waals surface area (Å²) >= 11 is 1.28. The Hall–Kier alpha value is -2.67. The van der Waals surface area contributed by atoms with Gasteiger partial charge in [0, 0.05) is 16.9 Å². The quantitative estimate of drug-likeness (QED) is 0.688. The first-order chi connectivity index (χ1) is 12.7. The molecule has 2 N–H and O–H groups in total. The van der Waals surface area contributed by atoms with Crippen molar-refractivity contribution in [2.24, 2.45) is 0 Å². The Labute approximate surface area is 162 Å². The maximum atomic E-state index is 12.6. The van der Waals surface area contributed by atoms with Crippen molar-refractivity contribution < 1.29 is 24.2 Å². The summed E-state index contributed by atoms with van der Waals surface area (Å²) in [6.07, 6.45) is -0.428. The van der Waals surface area contributed by atoms with Crippen LogP contribution in [0.5, 0.6) is 0 Å². The molecule has 144 valence electrons. The summed E-state index contributed by atoms with van der Waals surface area (Å²) in [5, 5.41) is 11.8. The number of amides is 1. The Morgan fingerprint density at radius 1 is 1.11 bits per heavy atom. The minimum Gasteiger partial charge on any atom is -0.481 e. The van der Waals surface area contributed by atoms with E-state index in [1.165, 1.54) is 11.3 Å². The van der Waals surface area contributed by atoms with Crippen LogP contribution in [0.4, 0.5) is 5.00 Å². The van der Waals surface area contributed by atoms with Crippen molar-refractivity contribution in [3.05, 3.63) is 39.8 Å². The highest BCUT2D eigenvalue weighted by Gasteiger charge is 2.25. The number of ether oxygens (including phenoxy) is 1. The number of thiophene rings is 1. The predicted octanol–water partition coefficient (Wildman–Crippen LogP) is 4.32. The lowest BCUT2D eigenvalue weighted by atomic mass is 9.97. The number of aliphatic carboxylic acids is 1. The molecule has 1 amide bonds. The average molecular weight is 389 g/mol. The van der Waals surface area contributed by atoms with E-state index in [1.54, 1.807) is 6.92 Å². The molecule has 0 aliphatic rings. The summed E-state index contributed by atoms with van der Waals surface area (Å²) in [6.45, 7) is 7.83. The fourth-order valence-corrected chi connectivity index (χ4v) is 3.77. The van der Waals surface area contributed by atoms with E-state index >= 15 is 0 Å². The van der Waals surface area contributed by atoms with Gasteiger partial charge in [-0.25, -0.2) is 4.79 Å². The molecule has 0 atom stereocenters. The van der Waals surface area contributed by atoms with E-state index in [2.05, 4.69) is 5.32 Å². The van der Waals surface area contributed by atoms with Gasteiger partial charge in [0.05, 0.1) is 13.0 Å². The van der Waals surface area contributed by atoms with Crippen LogP contribution in [0.25, 0.3) is 11.1 Å². The van der Waals surface area contributed by atoms with Crippen molar-refractivity contribution in [1.29, 1.82) is 0 Å². The largest absolute Gasteiger partial charge is 0.481 e. The Morgan fingerprint density at radius 2 is 1.81 bits per heavy atom. The number of carboxylic acid groups (broad SMARTS) is 1. The van der Waals surface area contributed by atoms with Crippen LogP contribution in [-0.4, -0.2) is 29.6 Å². The van der Waals surface area contributed by atoms with Crippen LogP contribution < -0.4 is 5.32 Å². The first-order valence-electron chi connectivity index (χ1n) is 8.64. The summed E-state index contributed by atoms with van der Waals surface area (Å²) in [5.41, 5.74) is 4.16. The van der Waals surface area contributed by atoms with Crippen molar-refractivity contribution >= 4 is 34.2 Å². The normalized spacial score (nSPS) is 10.5. The van der Waals surface area contributed by atoms with Gasteiger partial charge in [0.2, 0.25) is 5.91 Å². The zero-order valence-corrected chi connectivity index (χ0v) is 16.7. The third-order valence-electron chi connectivity index (χ3n) is 4.18. The smallest absolute Gasteiger partial charge is 0.341 e. The first kappa shape index (κ1) is 20.6. The molecule has 0 aliphatic carbocycles. The molecule has 2 aromatic rings. The number of hydrogen-bond acceptors (Lipinski definition) is 5. The molecule has 1 heterocycles. The molecule has 0 bridgehead atoms. The van der Waals surface area contributed by atoms with E-state index in [4.69, 9.17) is 9.84 Å². The number of rotatable bonds is 7. The van der Waals surface area contributed by atoms with Gasteiger partial charge in [0.1, 0.15) is 10.6 Å². The van der Waals surface area contributed by atoms with Crippen LogP contribution in [-0.2, 0) is 14.3 Å². The van der Waals surface area contributed by atoms with Crippen LogP contribution in [0.2, 0.25) is 0 Å². The molecular formula is C20H23NO5S. The molecule has 1 aromatic carbocycles. The molecule has 0 saturated carbocycles. The fourth-order valence-electron chi connectivity index (χ4n) is 2.68. The van der Waals surface area contributed by atoms with Crippen LogP contribution in [0.1, 0.15) is 46.1 Å². The second kappa shape index (κ2) is 8.81. The van der Waals surface area contributed by atoms with Crippen molar-refractivity contribution in [1.82, 2.24) is 0 Å².